The molecular formula is C16H25NO3. The first-order valence-corrected chi connectivity index (χ1v) is 7.14. The second-order valence-electron chi connectivity index (χ2n) is 4.86. The van der Waals surface area contributed by atoms with Crippen molar-refractivity contribution in [1.29, 1.82) is 0 Å². The summed E-state index contributed by atoms with van der Waals surface area (Å²) in [6.07, 6.45) is 1.48. The number of ether oxygens (including phenoxy) is 2. The third kappa shape index (κ3) is 4.23. The van der Waals surface area contributed by atoms with Crippen LogP contribution in [0, 0.1) is 0 Å². The van der Waals surface area contributed by atoms with Crippen LogP contribution in [0.2, 0.25) is 0 Å². The maximum atomic E-state index is 11.9. The van der Waals surface area contributed by atoms with Crippen LogP contribution in [0.3, 0.4) is 0 Å². The van der Waals surface area contributed by atoms with E-state index in [0.29, 0.717) is 19.6 Å². The zero-order valence-electron chi connectivity index (χ0n) is 12.9. The number of esters is 1. The average Bonchev–Trinajstić information content (AvgIpc) is 2.47. The van der Waals surface area contributed by atoms with E-state index < -0.39 is 5.54 Å². The number of carbonyl (C=O) groups is 1. The molecule has 0 heterocycles. The Balaban J connectivity index is 2.59. The number of hydrogen-bond donors (Lipinski definition) is 1. The molecule has 1 N–H and O–H groups in total. The van der Waals surface area contributed by atoms with Crippen molar-refractivity contribution >= 4 is 5.97 Å². The van der Waals surface area contributed by atoms with Crippen LogP contribution in [0.25, 0.3) is 0 Å². The van der Waals surface area contributed by atoms with E-state index in [2.05, 4.69) is 18.3 Å². The fraction of sp³-hybridized carbons (Fsp3) is 0.562. The maximum Gasteiger partial charge on any atom is 0.326 e. The van der Waals surface area contributed by atoms with Gasteiger partial charge >= 0.3 is 5.97 Å². The van der Waals surface area contributed by atoms with Gasteiger partial charge in [-0.1, -0.05) is 25.1 Å². The number of rotatable bonds is 8. The van der Waals surface area contributed by atoms with Gasteiger partial charge in [0.15, 0.2) is 0 Å². The van der Waals surface area contributed by atoms with Gasteiger partial charge in [-0.05, 0) is 38.9 Å². The number of benzene rings is 1. The molecule has 0 saturated carbocycles. The van der Waals surface area contributed by atoms with Gasteiger partial charge in [-0.2, -0.15) is 0 Å². The van der Waals surface area contributed by atoms with E-state index in [1.165, 1.54) is 5.56 Å². The fourth-order valence-corrected chi connectivity index (χ4v) is 1.92. The Bertz CT molecular complexity index is 433. The predicted molar refractivity (Wildman–Crippen MR) is 80.0 cm³/mol. The van der Waals surface area contributed by atoms with Crippen LogP contribution in [0.5, 0.6) is 5.75 Å². The van der Waals surface area contributed by atoms with Crippen molar-refractivity contribution in [3.05, 3.63) is 29.8 Å². The van der Waals surface area contributed by atoms with Crippen molar-refractivity contribution in [3.8, 4) is 5.75 Å². The molecule has 0 aliphatic rings. The topological polar surface area (TPSA) is 47.6 Å². The Morgan fingerprint density at radius 2 is 2.00 bits per heavy atom. The van der Waals surface area contributed by atoms with Crippen molar-refractivity contribution in [1.82, 2.24) is 5.32 Å². The summed E-state index contributed by atoms with van der Waals surface area (Å²) >= 11 is 0. The third-order valence-corrected chi connectivity index (χ3v) is 3.49. The minimum Gasteiger partial charge on any atom is -0.493 e. The highest BCUT2D eigenvalue weighted by Gasteiger charge is 2.32. The molecule has 0 saturated heterocycles. The van der Waals surface area contributed by atoms with E-state index in [1.54, 1.807) is 7.05 Å². The quantitative estimate of drug-likeness (QED) is 0.743. The molecule has 4 heteroatoms. The molecule has 0 fully saturated rings. The molecule has 1 rings (SSSR count). The molecule has 1 aromatic carbocycles. The van der Waals surface area contributed by atoms with Crippen molar-refractivity contribution in [2.24, 2.45) is 0 Å². The van der Waals surface area contributed by atoms with Gasteiger partial charge in [0, 0.05) is 6.42 Å². The molecule has 0 aromatic heterocycles. The lowest BCUT2D eigenvalue weighted by molar-refractivity contribution is -0.150. The summed E-state index contributed by atoms with van der Waals surface area (Å²) in [5.74, 6) is 0.646. The van der Waals surface area contributed by atoms with Crippen LogP contribution in [-0.4, -0.2) is 31.8 Å². The standard InChI is InChI=1S/C16H25NO3/c1-5-13-9-7-8-10-14(13)20-12-11-16(3,17-4)15(18)19-6-2/h7-10,17H,5-6,11-12H2,1-4H3. The van der Waals surface area contributed by atoms with Crippen LogP contribution >= 0.6 is 0 Å². The predicted octanol–water partition coefficient (Wildman–Crippen LogP) is 2.56. The van der Waals surface area contributed by atoms with Crippen molar-refractivity contribution in [2.45, 2.75) is 39.2 Å². The Morgan fingerprint density at radius 1 is 1.30 bits per heavy atom. The lowest BCUT2D eigenvalue weighted by atomic mass is 9.99. The molecule has 0 aliphatic heterocycles. The number of para-hydroxylation sites is 1. The number of likely N-dealkylation sites (N-methyl/N-ethyl adjacent to an activating group) is 1. The van der Waals surface area contributed by atoms with Gasteiger partial charge in [0.25, 0.3) is 0 Å². The Morgan fingerprint density at radius 3 is 2.60 bits per heavy atom. The molecule has 0 aliphatic carbocycles. The first kappa shape index (κ1) is 16.5. The summed E-state index contributed by atoms with van der Waals surface area (Å²) in [6, 6.07) is 7.97. The smallest absolute Gasteiger partial charge is 0.326 e. The molecule has 1 unspecified atom stereocenters. The van der Waals surface area contributed by atoms with Crippen LogP contribution in [0.15, 0.2) is 24.3 Å². The second-order valence-corrected chi connectivity index (χ2v) is 4.86. The summed E-state index contributed by atoms with van der Waals surface area (Å²) in [4.78, 5) is 11.9. The van der Waals surface area contributed by atoms with Gasteiger partial charge in [-0.25, -0.2) is 0 Å². The molecule has 4 nitrogen and oxygen atoms in total. The number of aryl methyl sites for hydroxylation is 1. The monoisotopic (exact) mass is 279 g/mol. The minimum absolute atomic E-state index is 0.241. The normalized spacial score (nSPS) is 13.6. The van der Waals surface area contributed by atoms with Gasteiger partial charge in [0.1, 0.15) is 11.3 Å². The van der Waals surface area contributed by atoms with Crippen LogP contribution in [0.4, 0.5) is 0 Å². The summed E-state index contributed by atoms with van der Waals surface area (Å²) < 4.78 is 10.9. The number of hydrogen-bond acceptors (Lipinski definition) is 4. The zero-order chi connectivity index (χ0) is 15.0. The van der Waals surface area contributed by atoms with Crippen LogP contribution in [0.1, 0.15) is 32.8 Å². The molecule has 1 atom stereocenters. The van der Waals surface area contributed by atoms with Gasteiger partial charge in [0.2, 0.25) is 0 Å². The highest BCUT2D eigenvalue weighted by atomic mass is 16.5. The maximum absolute atomic E-state index is 11.9. The van der Waals surface area contributed by atoms with E-state index in [0.717, 1.165) is 12.2 Å². The minimum atomic E-state index is -0.711. The Kier molecular flexibility index (Phi) is 6.52. The number of carbonyl (C=O) groups excluding carboxylic acids is 1. The first-order chi connectivity index (χ1) is 9.57. The van der Waals surface area contributed by atoms with Crippen molar-refractivity contribution in [3.63, 3.8) is 0 Å². The van der Waals surface area contributed by atoms with E-state index in [1.807, 2.05) is 32.0 Å². The molecule has 0 radical (unpaired) electrons. The summed E-state index contributed by atoms with van der Waals surface area (Å²) in [7, 11) is 1.76. The van der Waals surface area contributed by atoms with Crippen molar-refractivity contribution in [2.75, 3.05) is 20.3 Å². The molecule has 0 amide bonds. The zero-order valence-corrected chi connectivity index (χ0v) is 12.9. The third-order valence-electron chi connectivity index (χ3n) is 3.49. The largest absolute Gasteiger partial charge is 0.493 e. The van der Waals surface area contributed by atoms with E-state index in [9.17, 15) is 4.79 Å². The fourth-order valence-electron chi connectivity index (χ4n) is 1.92. The summed E-state index contributed by atoms with van der Waals surface area (Å²) in [6.45, 7) is 6.59. The molecule has 1 aromatic rings. The Labute approximate surface area is 121 Å². The first-order valence-electron chi connectivity index (χ1n) is 7.14. The van der Waals surface area contributed by atoms with Gasteiger partial charge in [-0.15, -0.1) is 0 Å². The SMILES string of the molecule is CCOC(=O)C(C)(CCOc1ccccc1CC)NC. The number of nitrogens with one attached hydrogen (secondary N) is 1. The highest BCUT2D eigenvalue weighted by molar-refractivity contribution is 5.80. The van der Waals surface area contributed by atoms with Crippen LogP contribution < -0.4 is 10.1 Å². The van der Waals surface area contributed by atoms with Crippen LogP contribution in [-0.2, 0) is 16.0 Å². The molecule has 20 heavy (non-hydrogen) atoms. The molecular weight excluding hydrogens is 254 g/mol. The van der Waals surface area contributed by atoms with Gasteiger partial charge in [0.05, 0.1) is 13.2 Å². The Hall–Kier alpha value is -1.55. The van der Waals surface area contributed by atoms with E-state index in [-0.39, 0.29) is 5.97 Å². The molecule has 0 spiro atoms. The van der Waals surface area contributed by atoms with Crippen molar-refractivity contribution < 1.29 is 14.3 Å². The van der Waals surface area contributed by atoms with Gasteiger partial charge in [-0.3, -0.25) is 4.79 Å². The highest BCUT2D eigenvalue weighted by Crippen LogP contribution is 2.20. The lowest BCUT2D eigenvalue weighted by Gasteiger charge is -2.26. The summed E-state index contributed by atoms with van der Waals surface area (Å²) in [5.41, 5.74) is 0.465. The average molecular weight is 279 g/mol. The van der Waals surface area contributed by atoms with E-state index >= 15 is 0 Å². The second kappa shape index (κ2) is 7.90. The van der Waals surface area contributed by atoms with Gasteiger partial charge < -0.3 is 14.8 Å². The van der Waals surface area contributed by atoms with E-state index in [4.69, 9.17) is 9.47 Å². The summed E-state index contributed by atoms with van der Waals surface area (Å²) in [5, 5.41) is 3.02. The molecule has 0 bridgehead atoms. The molecule has 112 valence electrons. The lowest BCUT2D eigenvalue weighted by Crippen LogP contribution is -2.49.